The third-order valence-electron chi connectivity index (χ3n) is 5.75. The van der Waals surface area contributed by atoms with Gasteiger partial charge in [0.25, 0.3) is 0 Å². The first kappa shape index (κ1) is 20.5. The number of H-pyrrole nitrogens is 1. The van der Waals surface area contributed by atoms with Crippen LogP contribution in [0.2, 0.25) is 0 Å². The van der Waals surface area contributed by atoms with Crippen molar-refractivity contribution in [1.29, 1.82) is 0 Å². The monoisotopic (exact) mass is 386 g/mol. The summed E-state index contributed by atoms with van der Waals surface area (Å²) in [4.78, 5) is 14.4. The van der Waals surface area contributed by atoms with E-state index in [0.29, 0.717) is 18.3 Å². The summed E-state index contributed by atoms with van der Waals surface area (Å²) in [7, 11) is 1.89. The molecule has 1 amide bonds. The maximum absolute atomic E-state index is 13.4. The van der Waals surface area contributed by atoms with Crippen LogP contribution >= 0.6 is 0 Å². The van der Waals surface area contributed by atoms with Gasteiger partial charge in [0.1, 0.15) is 5.82 Å². The molecule has 1 aromatic heterocycles. The molecule has 1 aliphatic heterocycles. The lowest BCUT2D eigenvalue weighted by Gasteiger charge is -2.29. The summed E-state index contributed by atoms with van der Waals surface area (Å²) >= 11 is 0. The molecule has 3 rings (SSSR count). The smallest absolute Gasteiger partial charge is 0.222 e. The molecular weight excluding hydrogens is 355 g/mol. The molecule has 2 aromatic rings. The predicted molar refractivity (Wildman–Crippen MR) is 109 cm³/mol. The molecule has 1 aromatic carbocycles. The van der Waals surface area contributed by atoms with Crippen molar-refractivity contribution in [2.45, 2.75) is 39.0 Å². The molecule has 2 N–H and O–H groups in total. The minimum Gasteiger partial charge on any atom is -0.346 e. The summed E-state index contributed by atoms with van der Waals surface area (Å²) in [5.41, 5.74) is 2.51. The Bertz CT molecular complexity index is 769. The summed E-state index contributed by atoms with van der Waals surface area (Å²) < 4.78 is 13.4. The Hall–Kier alpha value is -2.21. The van der Waals surface area contributed by atoms with Gasteiger partial charge in [0.05, 0.1) is 5.69 Å². The summed E-state index contributed by atoms with van der Waals surface area (Å²) in [5.74, 6) is 0.991. The van der Waals surface area contributed by atoms with E-state index in [1.807, 2.05) is 24.1 Å². The minimum atomic E-state index is -0.263. The predicted octanol–water partition coefficient (Wildman–Crippen LogP) is 3.63. The number of aromatic amines is 1. The zero-order chi connectivity index (χ0) is 19.9. The van der Waals surface area contributed by atoms with Crippen LogP contribution in [0.15, 0.2) is 30.3 Å². The van der Waals surface area contributed by atoms with E-state index in [4.69, 9.17) is 0 Å². The van der Waals surface area contributed by atoms with Crippen LogP contribution in [-0.4, -0.2) is 47.7 Å². The summed E-state index contributed by atoms with van der Waals surface area (Å²) in [6.07, 6.45) is 4.73. The average molecular weight is 387 g/mol. The highest BCUT2D eigenvalue weighted by atomic mass is 19.1. The van der Waals surface area contributed by atoms with E-state index in [-0.39, 0.29) is 11.7 Å². The molecule has 2 atom stereocenters. The summed E-state index contributed by atoms with van der Waals surface area (Å²) in [6, 6.07) is 8.39. The van der Waals surface area contributed by atoms with E-state index in [2.05, 4.69) is 22.4 Å². The van der Waals surface area contributed by atoms with Crippen molar-refractivity contribution in [2.75, 3.05) is 26.7 Å². The molecule has 1 aliphatic rings. The van der Waals surface area contributed by atoms with Crippen LogP contribution < -0.4 is 5.32 Å². The number of aromatic nitrogens is 2. The van der Waals surface area contributed by atoms with Crippen LogP contribution in [-0.2, 0) is 11.2 Å². The highest BCUT2D eigenvalue weighted by Gasteiger charge is 2.23. The van der Waals surface area contributed by atoms with Gasteiger partial charge in [-0.05, 0) is 68.8 Å². The van der Waals surface area contributed by atoms with Crippen molar-refractivity contribution in [3.8, 4) is 11.3 Å². The molecule has 2 unspecified atom stereocenters. The van der Waals surface area contributed by atoms with E-state index in [1.54, 1.807) is 6.07 Å². The molecule has 5 nitrogen and oxygen atoms in total. The number of nitrogens with zero attached hydrogens (tertiary/aromatic N) is 2. The van der Waals surface area contributed by atoms with Crippen molar-refractivity contribution < 1.29 is 9.18 Å². The third-order valence-corrected chi connectivity index (χ3v) is 5.75. The Morgan fingerprint density at radius 3 is 3.00 bits per heavy atom. The number of hydrogen-bond donors (Lipinski definition) is 2. The Morgan fingerprint density at radius 1 is 1.39 bits per heavy atom. The Morgan fingerprint density at radius 2 is 2.25 bits per heavy atom. The number of amides is 1. The maximum atomic E-state index is 13.4. The number of hydrogen-bond acceptors (Lipinski definition) is 3. The molecular formula is C22H31FN4O. The number of aryl methyl sites for hydroxylation is 1. The van der Waals surface area contributed by atoms with Crippen LogP contribution in [0, 0.1) is 17.7 Å². The second-order valence-electron chi connectivity index (χ2n) is 8.00. The molecule has 1 fully saturated rings. The molecule has 0 bridgehead atoms. The van der Waals surface area contributed by atoms with Gasteiger partial charge in [-0.15, -0.1) is 0 Å². The van der Waals surface area contributed by atoms with E-state index < -0.39 is 0 Å². The lowest BCUT2D eigenvalue weighted by atomic mass is 9.85. The number of halogens is 1. The van der Waals surface area contributed by atoms with Gasteiger partial charge in [-0.1, -0.05) is 19.1 Å². The van der Waals surface area contributed by atoms with Gasteiger partial charge in [-0.2, -0.15) is 5.10 Å². The number of carbonyl (C=O) groups excluding carboxylic acids is 1. The average Bonchev–Trinajstić information content (AvgIpc) is 3.17. The molecule has 1 saturated heterocycles. The van der Waals surface area contributed by atoms with Crippen LogP contribution in [0.1, 0.15) is 38.3 Å². The van der Waals surface area contributed by atoms with Crippen molar-refractivity contribution in [1.82, 2.24) is 20.4 Å². The molecule has 0 spiro atoms. The maximum Gasteiger partial charge on any atom is 0.222 e. The van der Waals surface area contributed by atoms with E-state index in [0.717, 1.165) is 49.4 Å². The summed E-state index contributed by atoms with van der Waals surface area (Å²) in [5, 5.41) is 10.7. The lowest BCUT2D eigenvalue weighted by Crippen LogP contribution is -2.36. The first-order valence-corrected chi connectivity index (χ1v) is 10.3. The van der Waals surface area contributed by atoms with Crippen LogP contribution in [0.4, 0.5) is 4.39 Å². The molecule has 28 heavy (non-hydrogen) atoms. The zero-order valence-corrected chi connectivity index (χ0v) is 16.9. The standard InChI is InChI=1S/C22H31FN4O/c1-16(18-7-4-10-24-15-18)12-22(28)27(2)11-5-9-20-14-21(26-25-20)17-6-3-8-19(23)13-17/h3,6,8,13-14,16,18,24H,4-5,7,9-12,15H2,1-2H3,(H,25,26). The molecule has 6 heteroatoms. The Labute approximate surface area is 166 Å². The number of carbonyl (C=O) groups is 1. The number of piperidine rings is 1. The highest BCUT2D eigenvalue weighted by molar-refractivity contribution is 5.76. The fourth-order valence-electron chi connectivity index (χ4n) is 3.88. The van der Waals surface area contributed by atoms with Gasteiger partial charge in [0.15, 0.2) is 0 Å². The van der Waals surface area contributed by atoms with Gasteiger partial charge in [0.2, 0.25) is 5.91 Å². The van der Waals surface area contributed by atoms with Crippen LogP contribution in [0.5, 0.6) is 0 Å². The second-order valence-corrected chi connectivity index (χ2v) is 8.00. The van der Waals surface area contributed by atoms with Crippen molar-refractivity contribution in [2.24, 2.45) is 11.8 Å². The minimum absolute atomic E-state index is 0.225. The zero-order valence-electron chi connectivity index (χ0n) is 16.9. The van der Waals surface area contributed by atoms with E-state index in [1.165, 1.54) is 25.0 Å². The first-order chi connectivity index (χ1) is 13.5. The van der Waals surface area contributed by atoms with Crippen molar-refractivity contribution in [3.05, 3.63) is 41.8 Å². The van der Waals surface area contributed by atoms with E-state index >= 15 is 0 Å². The topological polar surface area (TPSA) is 61.0 Å². The highest BCUT2D eigenvalue weighted by Crippen LogP contribution is 2.23. The third kappa shape index (κ3) is 5.64. The van der Waals surface area contributed by atoms with Gasteiger partial charge in [-0.3, -0.25) is 9.89 Å². The number of nitrogens with one attached hydrogen (secondary N) is 2. The van der Waals surface area contributed by atoms with E-state index in [9.17, 15) is 9.18 Å². The Kier molecular flexibility index (Phi) is 7.20. The van der Waals surface area contributed by atoms with Crippen molar-refractivity contribution >= 4 is 5.91 Å². The normalized spacial score (nSPS) is 18.0. The first-order valence-electron chi connectivity index (χ1n) is 10.3. The molecule has 0 radical (unpaired) electrons. The Balaban J connectivity index is 1.42. The number of benzene rings is 1. The van der Waals surface area contributed by atoms with Crippen molar-refractivity contribution in [3.63, 3.8) is 0 Å². The van der Waals surface area contributed by atoms with Crippen LogP contribution in [0.25, 0.3) is 11.3 Å². The van der Waals surface area contributed by atoms with Gasteiger partial charge in [-0.25, -0.2) is 4.39 Å². The largest absolute Gasteiger partial charge is 0.346 e. The lowest BCUT2D eigenvalue weighted by molar-refractivity contribution is -0.131. The number of rotatable bonds is 8. The van der Waals surface area contributed by atoms with Gasteiger partial charge < -0.3 is 10.2 Å². The van der Waals surface area contributed by atoms with Gasteiger partial charge in [0, 0.05) is 31.3 Å². The molecule has 152 valence electrons. The second kappa shape index (κ2) is 9.82. The fraction of sp³-hybridized carbons (Fsp3) is 0.545. The molecule has 2 heterocycles. The quantitative estimate of drug-likeness (QED) is 0.728. The van der Waals surface area contributed by atoms with Crippen LogP contribution in [0.3, 0.4) is 0 Å². The molecule has 0 saturated carbocycles. The SMILES string of the molecule is CC(CC(=O)N(C)CCCc1cc(-c2cccc(F)c2)n[nH]1)C1CCCNC1. The molecule has 0 aliphatic carbocycles. The summed E-state index contributed by atoms with van der Waals surface area (Å²) in [6.45, 7) is 5.06. The van der Waals surface area contributed by atoms with Gasteiger partial charge >= 0.3 is 0 Å². The fourth-order valence-corrected chi connectivity index (χ4v) is 3.88.